The van der Waals surface area contributed by atoms with Crippen LogP contribution in [0, 0.1) is 0 Å². The van der Waals surface area contributed by atoms with E-state index in [0.717, 1.165) is 11.8 Å². The van der Waals surface area contributed by atoms with E-state index in [9.17, 15) is 14.4 Å². The van der Waals surface area contributed by atoms with Gasteiger partial charge >= 0.3 is 0 Å². The van der Waals surface area contributed by atoms with Crippen molar-refractivity contribution in [2.75, 3.05) is 13.7 Å². The third kappa shape index (κ3) is 5.05. The van der Waals surface area contributed by atoms with Crippen LogP contribution >= 0.6 is 11.8 Å². The normalized spacial score (nSPS) is 10.1. The average molecular weight is 359 g/mol. The van der Waals surface area contributed by atoms with Gasteiger partial charge in [0.1, 0.15) is 5.75 Å². The molecule has 3 N–H and O–H groups in total. The Hall–Kier alpha value is -2.87. The van der Waals surface area contributed by atoms with Gasteiger partial charge in [-0.1, -0.05) is 6.07 Å². The van der Waals surface area contributed by atoms with E-state index in [0.29, 0.717) is 16.2 Å². The molecule has 0 fully saturated rings. The molecule has 130 valence electrons. The number of pyridine rings is 1. The average Bonchev–Trinajstić information content (AvgIpc) is 2.62. The van der Waals surface area contributed by atoms with Gasteiger partial charge in [-0.2, -0.15) is 0 Å². The summed E-state index contributed by atoms with van der Waals surface area (Å²) in [4.78, 5) is 39.9. The van der Waals surface area contributed by atoms with Gasteiger partial charge in [0.15, 0.2) is 0 Å². The fourth-order valence-corrected chi connectivity index (χ4v) is 2.96. The van der Waals surface area contributed by atoms with Gasteiger partial charge in [0, 0.05) is 30.9 Å². The number of hydrogen-bond donors (Lipinski definition) is 2. The van der Waals surface area contributed by atoms with E-state index in [4.69, 9.17) is 10.5 Å². The lowest BCUT2D eigenvalue weighted by Crippen LogP contribution is -2.28. The van der Waals surface area contributed by atoms with Crippen LogP contribution in [0.1, 0.15) is 27.1 Å². The molecule has 25 heavy (non-hydrogen) atoms. The number of ether oxygens (including phenoxy) is 1. The van der Waals surface area contributed by atoms with Gasteiger partial charge in [-0.3, -0.25) is 19.4 Å². The van der Waals surface area contributed by atoms with Crippen molar-refractivity contribution >= 4 is 28.7 Å². The molecule has 2 amide bonds. The minimum absolute atomic E-state index is 0.0358. The predicted molar refractivity (Wildman–Crippen MR) is 93.6 cm³/mol. The zero-order valence-electron chi connectivity index (χ0n) is 13.5. The Morgan fingerprint density at radius 3 is 2.56 bits per heavy atom. The molecule has 1 aromatic carbocycles. The highest BCUT2D eigenvalue weighted by atomic mass is 32.2. The summed E-state index contributed by atoms with van der Waals surface area (Å²) in [7, 11) is 1.46. The molecule has 1 aromatic heterocycles. The van der Waals surface area contributed by atoms with Gasteiger partial charge in [-0.05, 0) is 36.0 Å². The smallest absolute Gasteiger partial charge is 0.252 e. The van der Waals surface area contributed by atoms with E-state index in [1.54, 1.807) is 30.3 Å². The van der Waals surface area contributed by atoms with Crippen LogP contribution in [0.4, 0.5) is 0 Å². The van der Waals surface area contributed by atoms with E-state index in [-0.39, 0.29) is 23.6 Å². The fraction of sp³-hybridized carbons (Fsp3) is 0.176. The van der Waals surface area contributed by atoms with Crippen LogP contribution < -0.4 is 15.8 Å². The third-order valence-electron chi connectivity index (χ3n) is 3.21. The van der Waals surface area contributed by atoms with E-state index in [2.05, 4.69) is 10.3 Å². The van der Waals surface area contributed by atoms with Crippen LogP contribution in [0.15, 0.2) is 47.6 Å². The monoisotopic (exact) mass is 359 g/mol. The van der Waals surface area contributed by atoms with E-state index >= 15 is 0 Å². The van der Waals surface area contributed by atoms with Crippen LogP contribution in [0.2, 0.25) is 0 Å². The van der Waals surface area contributed by atoms with Crippen molar-refractivity contribution in [2.45, 2.75) is 11.3 Å². The Bertz CT molecular complexity index is 781. The molecule has 0 aliphatic heterocycles. The van der Waals surface area contributed by atoms with Crippen molar-refractivity contribution in [3.8, 4) is 5.75 Å². The molecule has 0 spiro atoms. The molecule has 1 heterocycles. The molecule has 0 aliphatic rings. The number of nitrogens with zero attached hydrogens (tertiary/aromatic N) is 1. The minimum atomic E-state index is -0.506. The maximum atomic E-state index is 12.4. The van der Waals surface area contributed by atoms with Gasteiger partial charge in [-0.25, -0.2) is 0 Å². The molecule has 0 bridgehead atoms. The highest BCUT2D eigenvalue weighted by Gasteiger charge is 2.20. The number of carbonyl (C=O) groups excluding carboxylic acids is 3. The lowest BCUT2D eigenvalue weighted by atomic mass is 10.2. The van der Waals surface area contributed by atoms with Gasteiger partial charge < -0.3 is 15.8 Å². The molecule has 0 aliphatic carbocycles. The second kappa shape index (κ2) is 8.84. The topological polar surface area (TPSA) is 111 Å². The molecule has 2 rings (SSSR count). The second-order valence-electron chi connectivity index (χ2n) is 4.93. The number of nitrogens with one attached hydrogen (secondary N) is 1. The third-order valence-corrected chi connectivity index (χ3v) is 4.26. The summed E-state index contributed by atoms with van der Waals surface area (Å²) in [6.07, 6.45) is 3.08. The minimum Gasteiger partial charge on any atom is -0.496 e. The zero-order chi connectivity index (χ0) is 18.2. The molecular weight excluding hydrogens is 342 g/mol. The van der Waals surface area contributed by atoms with Crippen molar-refractivity contribution in [1.82, 2.24) is 10.3 Å². The molecule has 0 radical (unpaired) electrons. The van der Waals surface area contributed by atoms with Crippen LogP contribution in [0.3, 0.4) is 0 Å². The molecule has 0 saturated carbocycles. The summed E-state index contributed by atoms with van der Waals surface area (Å²) in [5.41, 5.74) is 5.81. The standard InChI is InChI=1S/C17H17N3O4S/c1-24-13-4-2-3-12(16(22)20-10-7-14(18)21)15(13)25-17(23)11-5-8-19-9-6-11/h2-6,8-9H,7,10H2,1H3,(H2,18,21)(H,20,22). The molecule has 7 nitrogen and oxygen atoms in total. The maximum Gasteiger partial charge on any atom is 0.252 e. The maximum absolute atomic E-state index is 12.4. The molecule has 8 heteroatoms. The first-order valence-electron chi connectivity index (χ1n) is 7.38. The number of methoxy groups -OCH3 is 1. The first kappa shape index (κ1) is 18.5. The predicted octanol–water partition coefficient (Wildman–Crippen LogP) is 1.63. The Balaban J connectivity index is 2.24. The number of hydrogen-bond acceptors (Lipinski definition) is 6. The molecular formula is C17H17N3O4S. The number of carbonyl (C=O) groups is 3. The van der Waals surface area contributed by atoms with Gasteiger partial charge in [0.05, 0.1) is 17.6 Å². The highest BCUT2D eigenvalue weighted by molar-refractivity contribution is 8.14. The van der Waals surface area contributed by atoms with Gasteiger partial charge in [-0.15, -0.1) is 0 Å². The van der Waals surface area contributed by atoms with Crippen LogP contribution in [0.25, 0.3) is 0 Å². The second-order valence-corrected chi connectivity index (χ2v) is 5.92. The molecule has 0 unspecified atom stereocenters. The summed E-state index contributed by atoms with van der Waals surface area (Å²) >= 11 is 0.898. The van der Waals surface area contributed by atoms with Gasteiger partial charge in [0.25, 0.3) is 5.91 Å². The van der Waals surface area contributed by atoms with Crippen molar-refractivity contribution in [3.05, 3.63) is 53.9 Å². The lowest BCUT2D eigenvalue weighted by molar-refractivity contribution is -0.117. The number of benzene rings is 1. The quantitative estimate of drug-likeness (QED) is 0.727. The number of rotatable bonds is 7. The summed E-state index contributed by atoms with van der Waals surface area (Å²) in [5.74, 6) is -0.506. The first-order chi connectivity index (χ1) is 12.0. The van der Waals surface area contributed by atoms with Crippen molar-refractivity contribution in [2.24, 2.45) is 5.73 Å². The van der Waals surface area contributed by atoms with Crippen molar-refractivity contribution < 1.29 is 19.1 Å². The number of aromatic nitrogens is 1. The lowest BCUT2D eigenvalue weighted by Gasteiger charge is -2.13. The molecule has 0 saturated heterocycles. The summed E-state index contributed by atoms with van der Waals surface area (Å²) < 4.78 is 5.28. The Labute approximate surface area is 149 Å². The number of nitrogens with two attached hydrogens (primary N) is 1. The van der Waals surface area contributed by atoms with Crippen LogP contribution in [-0.2, 0) is 4.79 Å². The summed E-state index contributed by atoms with van der Waals surface area (Å²) in [6, 6.07) is 8.10. The summed E-state index contributed by atoms with van der Waals surface area (Å²) in [5, 5.41) is 2.37. The fourth-order valence-electron chi connectivity index (χ4n) is 1.99. The Kier molecular flexibility index (Phi) is 6.53. The van der Waals surface area contributed by atoms with Crippen LogP contribution in [0.5, 0.6) is 5.75 Å². The highest BCUT2D eigenvalue weighted by Crippen LogP contribution is 2.34. The van der Waals surface area contributed by atoms with Crippen molar-refractivity contribution in [1.29, 1.82) is 0 Å². The molecule has 0 atom stereocenters. The van der Waals surface area contributed by atoms with Crippen LogP contribution in [-0.4, -0.2) is 35.6 Å². The summed E-state index contributed by atoms with van der Waals surface area (Å²) in [6.45, 7) is 0.119. The SMILES string of the molecule is COc1cccc(C(=O)NCCC(N)=O)c1SC(=O)c1ccncc1. The molecule has 2 aromatic rings. The van der Waals surface area contributed by atoms with Crippen molar-refractivity contribution in [3.63, 3.8) is 0 Å². The number of amides is 2. The Morgan fingerprint density at radius 1 is 1.20 bits per heavy atom. The zero-order valence-corrected chi connectivity index (χ0v) is 14.3. The number of primary amides is 1. The Morgan fingerprint density at radius 2 is 1.92 bits per heavy atom. The first-order valence-corrected chi connectivity index (χ1v) is 8.20. The largest absolute Gasteiger partial charge is 0.496 e. The number of thioether (sulfide) groups is 1. The van der Waals surface area contributed by atoms with E-state index in [1.165, 1.54) is 19.5 Å². The van der Waals surface area contributed by atoms with Gasteiger partial charge in [0.2, 0.25) is 11.0 Å². The van der Waals surface area contributed by atoms with E-state index in [1.807, 2.05) is 0 Å². The van der Waals surface area contributed by atoms with E-state index < -0.39 is 11.8 Å².